The second-order valence-corrected chi connectivity index (χ2v) is 12.2. The van der Waals surface area contributed by atoms with Crippen molar-refractivity contribution in [2.75, 3.05) is 6.54 Å². The third kappa shape index (κ3) is 8.43. The number of hydroxylamine groups is 1. The molecule has 2 heterocycles. The second-order valence-electron chi connectivity index (χ2n) is 10.9. The van der Waals surface area contributed by atoms with E-state index in [0.717, 1.165) is 17.7 Å². The van der Waals surface area contributed by atoms with Gasteiger partial charge in [-0.3, -0.25) is 24.4 Å². The van der Waals surface area contributed by atoms with Crippen molar-refractivity contribution in [3.63, 3.8) is 0 Å². The monoisotopic (exact) mass is 633 g/mol. The third-order valence-corrected chi connectivity index (χ3v) is 8.21. The van der Waals surface area contributed by atoms with Gasteiger partial charge in [0.05, 0.1) is 29.0 Å². The fourth-order valence-electron chi connectivity index (χ4n) is 5.24. The van der Waals surface area contributed by atoms with Crippen LogP contribution in [0.15, 0.2) is 76.2 Å². The fourth-order valence-corrected chi connectivity index (χ4v) is 5.71. The van der Waals surface area contributed by atoms with Crippen LogP contribution in [0.3, 0.4) is 0 Å². The van der Waals surface area contributed by atoms with Gasteiger partial charge in [0.1, 0.15) is 10.1 Å². The summed E-state index contributed by atoms with van der Waals surface area (Å²) in [5.74, 6) is -4.72. The van der Waals surface area contributed by atoms with Gasteiger partial charge in [0.2, 0.25) is 17.6 Å². The Labute approximate surface area is 277 Å². The Bertz CT molecular complexity index is 1590. The molecule has 1 aromatic heterocycles. The number of hydrogen-bond acceptors (Lipinski definition) is 9. The van der Waals surface area contributed by atoms with E-state index in [1.807, 2.05) is 13.8 Å². The van der Waals surface area contributed by atoms with Gasteiger partial charge in [0.25, 0.3) is 5.91 Å². The zero-order valence-corrected chi connectivity index (χ0v) is 27.4. The van der Waals surface area contributed by atoms with Crippen LogP contribution in [0.1, 0.15) is 52.3 Å². The van der Waals surface area contributed by atoms with Crippen molar-refractivity contribution >= 4 is 33.6 Å². The molecule has 3 aromatic rings. The molecule has 1 unspecified atom stereocenters. The van der Waals surface area contributed by atoms with Crippen molar-refractivity contribution in [2.45, 2.75) is 44.2 Å². The number of nitrogens with zero attached hydrogens (tertiary/aromatic N) is 1. The van der Waals surface area contributed by atoms with Gasteiger partial charge < -0.3 is 19.2 Å². The maximum Gasteiger partial charge on any atom is 1.00 e. The minimum absolute atomic E-state index is 0. The van der Waals surface area contributed by atoms with Crippen molar-refractivity contribution in [3.8, 4) is 0 Å². The summed E-state index contributed by atoms with van der Waals surface area (Å²) in [7, 11) is -4.68. The summed E-state index contributed by atoms with van der Waals surface area (Å²) in [4.78, 5) is 54.3. The first-order chi connectivity index (χ1) is 20.4. The fraction of sp³-hybridized carbons (Fsp3) is 0.333. The van der Waals surface area contributed by atoms with E-state index in [0.29, 0.717) is 11.1 Å². The zero-order chi connectivity index (χ0) is 31.3. The maximum atomic E-state index is 13.9. The summed E-state index contributed by atoms with van der Waals surface area (Å²) in [6.45, 7) is 3.77. The normalized spacial score (nSPS) is 14.8. The van der Waals surface area contributed by atoms with Crippen LogP contribution in [0.2, 0.25) is 0 Å². The molecular formula is C30H32N3NaO9S. The maximum absolute atomic E-state index is 13.9. The number of Topliss-reactive ketones (excluding diaryl/α,β-unsaturated/α-hetero) is 1. The van der Waals surface area contributed by atoms with E-state index in [9.17, 15) is 37.4 Å². The smallest absolute Gasteiger partial charge is 0.744 e. The molecular weight excluding hydrogens is 601 g/mol. The van der Waals surface area contributed by atoms with Gasteiger partial charge in [-0.1, -0.05) is 44.2 Å². The number of benzene rings is 2. The Balaban J connectivity index is 0.00000529. The van der Waals surface area contributed by atoms with Crippen LogP contribution in [0.25, 0.3) is 0 Å². The van der Waals surface area contributed by atoms with Crippen LogP contribution in [-0.4, -0.2) is 59.2 Å². The predicted molar refractivity (Wildman–Crippen MR) is 151 cm³/mol. The van der Waals surface area contributed by atoms with E-state index < -0.39 is 50.5 Å². The molecule has 0 fully saturated rings. The number of furan rings is 1. The molecule has 3 amide bonds. The summed E-state index contributed by atoms with van der Waals surface area (Å²) >= 11 is 0. The topological polar surface area (TPSA) is 186 Å². The van der Waals surface area contributed by atoms with E-state index >= 15 is 0 Å². The number of nitrogens with one attached hydrogen (secondary N) is 2. The average molecular weight is 634 g/mol. The molecule has 228 valence electrons. The average Bonchev–Trinajstić information content (AvgIpc) is 3.62. The largest absolute Gasteiger partial charge is 1.00 e. The van der Waals surface area contributed by atoms with Crippen LogP contribution >= 0.6 is 0 Å². The minimum Gasteiger partial charge on any atom is -0.744 e. The molecule has 4 rings (SSSR count). The summed E-state index contributed by atoms with van der Waals surface area (Å²) in [6, 6.07) is 13.7. The summed E-state index contributed by atoms with van der Waals surface area (Å²) in [5, 5.41) is 12.3. The van der Waals surface area contributed by atoms with Gasteiger partial charge in [-0.2, -0.15) is 0 Å². The summed E-state index contributed by atoms with van der Waals surface area (Å²) in [6.07, 6.45) is 1.40. The van der Waals surface area contributed by atoms with Gasteiger partial charge in [-0.05, 0) is 53.8 Å². The molecule has 12 nitrogen and oxygen atoms in total. The number of carbonyl (C=O) groups is 4. The Hall–Kier alpha value is -3.33. The molecule has 0 aliphatic carbocycles. The number of amides is 3. The Kier molecular flexibility index (Phi) is 12.1. The van der Waals surface area contributed by atoms with E-state index in [2.05, 4.69) is 5.32 Å². The van der Waals surface area contributed by atoms with Crippen LogP contribution in [0.5, 0.6) is 0 Å². The Morgan fingerprint density at radius 3 is 2.25 bits per heavy atom. The standard InChI is InChI=1S/C30H33N3O9S.Na/c1-18(2)14-23(24(29(36)32-38)17-33-16-20-6-3-4-7-22(20)30(33)37)28(35)31-25(27(34)26-8-5-13-42-26)15-19-9-11-21(12-10-19)43(39,40)41;/h3-13,18,23-25,38H,14-17H2,1-2H3,(H,31,35)(H,32,36)(H,39,40,41);/q;+1/p-1/t23-,24?,25+;/m1./s1. The molecule has 44 heavy (non-hydrogen) atoms. The van der Waals surface area contributed by atoms with Crippen molar-refractivity contribution in [1.82, 2.24) is 15.7 Å². The van der Waals surface area contributed by atoms with Crippen molar-refractivity contribution < 1.29 is 71.3 Å². The van der Waals surface area contributed by atoms with Crippen LogP contribution in [0, 0.1) is 17.8 Å². The van der Waals surface area contributed by atoms with Gasteiger partial charge in [0, 0.05) is 25.1 Å². The molecule has 0 radical (unpaired) electrons. The first-order valence-corrected chi connectivity index (χ1v) is 15.0. The number of ketones is 1. The summed E-state index contributed by atoms with van der Waals surface area (Å²) in [5.41, 5.74) is 3.35. The Morgan fingerprint density at radius 1 is 1.00 bits per heavy atom. The molecule has 0 spiro atoms. The molecule has 3 atom stereocenters. The number of rotatable bonds is 13. The molecule has 2 aromatic carbocycles. The molecule has 1 aliphatic rings. The third-order valence-electron chi connectivity index (χ3n) is 7.36. The zero-order valence-electron chi connectivity index (χ0n) is 24.6. The molecule has 0 saturated carbocycles. The number of hydrogen-bond donors (Lipinski definition) is 3. The number of carbonyl (C=O) groups excluding carboxylic acids is 4. The van der Waals surface area contributed by atoms with Crippen LogP contribution in [-0.2, 0) is 32.7 Å². The molecule has 3 N–H and O–H groups in total. The predicted octanol–water partition coefficient (Wildman–Crippen LogP) is -0.462. The molecule has 0 bridgehead atoms. The number of fused-ring (bicyclic) bond motifs is 1. The molecule has 0 saturated heterocycles. The van der Waals surface area contributed by atoms with E-state index in [-0.39, 0.29) is 73.1 Å². The molecule has 14 heteroatoms. The van der Waals surface area contributed by atoms with Gasteiger partial charge in [-0.15, -0.1) is 0 Å². The van der Waals surface area contributed by atoms with Gasteiger partial charge >= 0.3 is 29.6 Å². The van der Waals surface area contributed by atoms with E-state index in [1.54, 1.807) is 29.7 Å². The van der Waals surface area contributed by atoms with Crippen molar-refractivity contribution in [3.05, 3.63) is 89.4 Å². The second kappa shape index (κ2) is 15.1. The Morgan fingerprint density at radius 2 is 1.68 bits per heavy atom. The van der Waals surface area contributed by atoms with Crippen molar-refractivity contribution in [2.24, 2.45) is 17.8 Å². The quantitative estimate of drug-likeness (QED) is 0.0736. The van der Waals surface area contributed by atoms with Crippen molar-refractivity contribution in [1.29, 1.82) is 0 Å². The van der Waals surface area contributed by atoms with Gasteiger partial charge in [-0.25, -0.2) is 13.9 Å². The SMILES string of the molecule is CC(C)C[C@@H](C(=O)N[C@@H](Cc1ccc(S(=O)(=O)[O-])cc1)C(=O)c1ccco1)C(CN1Cc2ccccc2C1=O)C(=O)NO.[Na+]. The van der Waals surface area contributed by atoms with Crippen LogP contribution in [0.4, 0.5) is 0 Å². The van der Waals surface area contributed by atoms with E-state index in [4.69, 9.17) is 4.42 Å². The first kappa shape index (κ1) is 35.2. The van der Waals surface area contributed by atoms with Gasteiger partial charge in [0.15, 0.2) is 5.76 Å². The summed E-state index contributed by atoms with van der Waals surface area (Å²) < 4.78 is 39.3. The molecule has 1 aliphatic heterocycles. The minimum atomic E-state index is -4.68. The van der Waals surface area contributed by atoms with Crippen LogP contribution < -0.4 is 40.4 Å². The first-order valence-electron chi connectivity index (χ1n) is 13.6. The van der Waals surface area contributed by atoms with E-state index in [1.165, 1.54) is 35.4 Å².